The Morgan fingerprint density at radius 1 is 1.57 bits per heavy atom. The van der Waals surface area contributed by atoms with Gasteiger partial charge in [0.1, 0.15) is 0 Å². The van der Waals surface area contributed by atoms with Crippen molar-refractivity contribution in [1.82, 2.24) is 0 Å². The van der Waals surface area contributed by atoms with Crippen LogP contribution in [0.5, 0.6) is 0 Å². The molecule has 0 aliphatic heterocycles. The highest BCUT2D eigenvalue weighted by Gasteiger charge is 2.25. The first kappa shape index (κ1) is 9.62. The van der Waals surface area contributed by atoms with Crippen molar-refractivity contribution in [2.24, 2.45) is 11.7 Å². The summed E-state index contributed by atoms with van der Waals surface area (Å²) in [7, 11) is 0. The molecule has 2 unspecified atom stereocenters. The van der Waals surface area contributed by atoms with Crippen LogP contribution in [0.25, 0.3) is 0 Å². The normalized spacial score (nSPS) is 25.6. The van der Waals surface area contributed by atoms with E-state index in [2.05, 4.69) is 0 Å². The lowest BCUT2D eigenvalue weighted by Crippen LogP contribution is -2.18. The van der Waals surface area contributed by atoms with Crippen LogP contribution in [0.3, 0.4) is 0 Å². The van der Waals surface area contributed by atoms with E-state index in [0.717, 1.165) is 16.9 Å². The fraction of sp³-hybridized carbons (Fsp3) is 0.364. The molecule has 1 heterocycles. The van der Waals surface area contributed by atoms with E-state index in [1.807, 2.05) is 30.5 Å². The summed E-state index contributed by atoms with van der Waals surface area (Å²) in [5.74, 6) is 0.226. The van der Waals surface area contributed by atoms with Gasteiger partial charge in [0, 0.05) is 12.0 Å². The first-order chi connectivity index (χ1) is 6.68. The van der Waals surface area contributed by atoms with Crippen molar-refractivity contribution in [3.8, 4) is 0 Å². The van der Waals surface area contributed by atoms with Crippen LogP contribution in [-0.2, 0) is 0 Å². The molecule has 0 fully saturated rings. The molecular formula is C11H13NOS. The summed E-state index contributed by atoms with van der Waals surface area (Å²) < 4.78 is 0. The van der Waals surface area contributed by atoms with Crippen molar-refractivity contribution in [3.63, 3.8) is 0 Å². The molecule has 2 nitrogen and oxygen atoms in total. The highest BCUT2D eigenvalue weighted by Crippen LogP contribution is 2.25. The van der Waals surface area contributed by atoms with Crippen molar-refractivity contribution < 1.29 is 4.79 Å². The highest BCUT2D eigenvalue weighted by molar-refractivity contribution is 7.12. The van der Waals surface area contributed by atoms with Gasteiger partial charge >= 0.3 is 0 Å². The van der Waals surface area contributed by atoms with E-state index in [1.54, 1.807) is 0 Å². The van der Waals surface area contributed by atoms with Crippen LogP contribution in [0, 0.1) is 12.8 Å². The number of aryl methyl sites for hydroxylation is 1. The molecule has 14 heavy (non-hydrogen) atoms. The number of thiophene rings is 1. The first-order valence-electron chi connectivity index (χ1n) is 4.70. The van der Waals surface area contributed by atoms with Crippen molar-refractivity contribution in [2.45, 2.75) is 19.4 Å². The fourth-order valence-electron chi connectivity index (χ4n) is 1.72. The van der Waals surface area contributed by atoms with Crippen molar-refractivity contribution in [3.05, 3.63) is 34.0 Å². The Kier molecular flexibility index (Phi) is 2.52. The standard InChI is InChI=1S/C11H13NOS/c1-7-4-5-14-11(7)10(13)8-2-3-9(12)6-8/h2-5,8-9H,6,12H2,1H3. The monoisotopic (exact) mass is 207 g/mol. The molecule has 0 saturated heterocycles. The number of Topliss-reactive ketones (excluding diaryl/α,β-unsaturated/α-hetero) is 1. The molecule has 1 aromatic rings. The molecule has 1 aromatic heterocycles. The summed E-state index contributed by atoms with van der Waals surface area (Å²) in [4.78, 5) is 12.9. The summed E-state index contributed by atoms with van der Waals surface area (Å²) in [5.41, 5.74) is 6.80. The average molecular weight is 207 g/mol. The number of ketones is 1. The van der Waals surface area contributed by atoms with Gasteiger partial charge in [0.15, 0.2) is 5.78 Å². The van der Waals surface area contributed by atoms with Crippen LogP contribution in [0.15, 0.2) is 23.6 Å². The Labute approximate surface area is 87.4 Å². The Balaban J connectivity index is 2.18. The molecule has 0 amide bonds. The SMILES string of the molecule is Cc1ccsc1C(=O)C1C=CC(N)C1. The first-order valence-corrected chi connectivity index (χ1v) is 5.58. The number of nitrogens with two attached hydrogens (primary N) is 1. The quantitative estimate of drug-likeness (QED) is 0.596. The summed E-state index contributed by atoms with van der Waals surface area (Å²) >= 11 is 1.52. The van der Waals surface area contributed by atoms with Crippen LogP contribution in [0.4, 0.5) is 0 Å². The van der Waals surface area contributed by atoms with Gasteiger partial charge in [-0.2, -0.15) is 0 Å². The van der Waals surface area contributed by atoms with Gasteiger partial charge < -0.3 is 5.73 Å². The Morgan fingerprint density at radius 2 is 2.36 bits per heavy atom. The second kappa shape index (κ2) is 3.67. The number of hydrogen-bond donors (Lipinski definition) is 1. The van der Waals surface area contributed by atoms with Gasteiger partial charge in [0.05, 0.1) is 4.88 Å². The minimum absolute atomic E-state index is 0.00218. The van der Waals surface area contributed by atoms with Gasteiger partial charge in [-0.05, 0) is 30.4 Å². The topological polar surface area (TPSA) is 43.1 Å². The van der Waals surface area contributed by atoms with E-state index < -0.39 is 0 Å². The van der Waals surface area contributed by atoms with Gasteiger partial charge in [0.25, 0.3) is 0 Å². The summed E-state index contributed by atoms with van der Waals surface area (Å²) in [5, 5.41) is 1.96. The molecule has 74 valence electrons. The second-order valence-corrected chi connectivity index (χ2v) is 4.60. The molecule has 0 saturated carbocycles. The highest BCUT2D eigenvalue weighted by atomic mass is 32.1. The van der Waals surface area contributed by atoms with E-state index in [1.165, 1.54) is 11.3 Å². The number of carbonyl (C=O) groups excluding carboxylic acids is 1. The largest absolute Gasteiger partial charge is 0.324 e. The molecule has 2 atom stereocenters. The van der Waals surface area contributed by atoms with Crippen molar-refractivity contribution >= 4 is 17.1 Å². The molecule has 0 aromatic carbocycles. The van der Waals surface area contributed by atoms with E-state index in [4.69, 9.17) is 5.73 Å². The number of hydrogen-bond acceptors (Lipinski definition) is 3. The molecule has 2 N–H and O–H groups in total. The van der Waals surface area contributed by atoms with Gasteiger partial charge in [-0.25, -0.2) is 0 Å². The van der Waals surface area contributed by atoms with Gasteiger partial charge in [0.2, 0.25) is 0 Å². The smallest absolute Gasteiger partial charge is 0.179 e. The molecular weight excluding hydrogens is 194 g/mol. The second-order valence-electron chi connectivity index (χ2n) is 3.69. The molecule has 3 heteroatoms. The summed E-state index contributed by atoms with van der Waals surface area (Å²) in [6.45, 7) is 1.97. The lowest BCUT2D eigenvalue weighted by molar-refractivity contribution is 0.0946. The van der Waals surface area contributed by atoms with Crippen LogP contribution in [0.1, 0.15) is 21.7 Å². The van der Waals surface area contributed by atoms with E-state index >= 15 is 0 Å². The molecule has 2 rings (SSSR count). The third-order valence-electron chi connectivity index (χ3n) is 2.54. The van der Waals surface area contributed by atoms with Crippen molar-refractivity contribution in [2.75, 3.05) is 0 Å². The zero-order valence-corrected chi connectivity index (χ0v) is 8.88. The van der Waals surface area contributed by atoms with Crippen molar-refractivity contribution in [1.29, 1.82) is 0 Å². The van der Waals surface area contributed by atoms with Crippen LogP contribution < -0.4 is 5.73 Å². The zero-order valence-electron chi connectivity index (χ0n) is 8.07. The minimum Gasteiger partial charge on any atom is -0.324 e. The maximum Gasteiger partial charge on any atom is 0.179 e. The maximum atomic E-state index is 12.0. The predicted octanol–water partition coefficient (Wildman–Crippen LogP) is 2.14. The lowest BCUT2D eigenvalue weighted by atomic mass is 10.00. The minimum atomic E-state index is 0.00218. The van der Waals surface area contributed by atoms with Crippen LogP contribution >= 0.6 is 11.3 Å². The predicted molar refractivity (Wildman–Crippen MR) is 58.6 cm³/mol. The third kappa shape index (κ3) is 1.65. The molecule has 1 aliphatic rings. The molecule has 0 bridgehead atoms. The summed E-state index contributed by atoms with van der Waals surface area (Å²) in [6, 6.07) is 2.04. The van der Waals surface area contributed by atoms with Crippen LogP contribution in [0.2, 0.25) is 0 Å². The van der Waals surface area contributed by atoms with E-state index in [0.29, 0.717) is 0 Å². The van der Waals surface area contributed by atoms with Crippen LogP contribution in [-0.4, -0.2) is 11.8 Å². The Bertz CT molecular complexity index is 380. The Hall–Kier alpha value is -0.930. The number of rotatable bonds is 2. The average Bonchev–Trinajstić information content (AvgIpc) is 2.73. The zero-order chi connectivity index (χ0) is 10.1. The van der Waals surface area contributed by atoms with E-state index in [9.17, 15) is 4.79 Å². The molecule has 0 radical (unpaired) electrons. The van der Waals surface area contributed by atoms with Gasteiger partial charge in [-0.1, -0.05) is 12.2 Å². The fourth-order valence-corrected chi connectivity index (χ4v) is 2.64. The van der Waals surface area contributed by atoms with Gasteiger partial charge in [-0.3, -0.25) is 4.79 Å². The molecule has 1 aliphatic carbocycles. The third-order valence-corrected chi connectivity index (χ3v) is 3.57. The number of allylic oxidation sites excluding steroid dienone is 1. The Morgan fingerprint density at radius 3 is 2.86 bits per heavy atom. The lowest BCUT2D eigenvalue weighted by Gasteiger charge is -2.07. The number of carbonyl (C=O) groups is 1. The summed E-state index contributed by atoms with van der Waals surface area (Å²) in [6.07, 6.45) is 4.62. The van der Waals surface area contributed by atoms with E-state index in [-0.39, 0.29) is 17.7 Å². The van der Waals surface area contributed by atoms with Gasteiger partial charge in [-0.15, -0.1) is 11.3 Å². The molecule has 0 spiro atoms. The maximum absolute atomic E-state index is 12.0.